The molecule has 0 amide bonds. The van der Waals surface area contributed by atoms with Crippen LogP contribution in [-0.4, -0.2) is 75.5 Å². The highest BCUT2D eigenvalue weighted by Gasteiger charge is 2.26. The van der Waals surface area contributed by atoms with E-state index < -0.39 is 18.4 Å². The molecule has 1 saturated carbocycles. The first kappa shape index (κ1) is 26.2. The van der Waals surface area contributed by atoms with Crippen molar-refractivity contribution in [1.29, 1.82) is 0 Å². The lowest BCUT2D eigenvalue weighted by Gasteiger charge is -2.31. The first-order valence-corrected chi connectivity index (χ1v) is 13.1. The van der Waals surface area contributed by atoms with Crippen LogP contribution in [0.1, 0.15) is 44.9 Å². The molecule has 38 heavy (non-hydrogen) atoms. The zero-order valence-electron chi connectivity index (χ0n) is 21.3. The van der Waals surface area contributed by atoms with Gasteiger partial charge in [0.1, 0.15) is 17.7 Å². The molecule has 1 atom stereocenters. The lowest BCUT2D eigenvalue weighted by molar-refractivity contribution is -0.139. The lowest BCUT2D eigenvalue weighted by atomic mass is 9.85. The monoisotopic (exact) mass is 529 g/mol. The smallest absolute Gasteiger partial charge is 0.320 e. The molecule has 2 aromatic heterocycles. The minimum Gasteiger partial charge on any atom is -0.480 e. The first-order valence-electron chi connectivity index (χ1n) is 13.1. The summed E-state index contributed by atoms with van der Waals surface area (Å²) in [5.41, 5.74) is 1.04. The fraction of sp³-hybridized carbons (Fsp3) is 0.538. The van der Waals surface area contributed by atoms with Crippen LogP contribution in [0, 0.1) is 5.92 Å². The Kier molecular flexibility index (Phi) is 7.98. The van der Waals surface area contributed by atoms with Crippen LogP contribution < -0.4 is 15.5 Å². The Morgan fingerprint density at radius 1 is 1.11 bits per heavy atom. The number of morpholine rings is 1. The number of hydrogen-bond donors (Lipinski definition) is 3. The summed E-state index contributed by atoms with van der Waals surface area (Å²) in [4.78, 5) is 26.8. The molecule has 1 saturated heterocycles. The number of imidazole rings is 1. The first-order chi connectivity index (χ1) is 18.4. The predicted octanol–water partition coefficient (Wildman–Crippen LogP) is 3.62. The van der Waals surface area contributed by atoms with Gasteiger partial charge in [-0.25, -0.2) is 13.8 Å². The molecular weight excluding hydrogens is 496 g/mol. The van der Waals surface area contributed by atoms with Gasteiger partial charge in [-0.3, -0.25) is 9.36 Å². The number of ether oxygens (including phenoxy) is 1. The number of aliphatic carboxylic acids is 1. The van der Waals surface area contributed by atoms with Gasteiger partial charge >= 0.3 is 5.97 Å². The summed E-state index contributed by atoms with van der Waals surface area (Å²) < 4.78 is 35.0. The number of alkyl halides is 2. The van der Waals surface area contributed by atoms with E-state index in [2.05, 4.69) is 25.5 Å². The second kappa shape index (κ2) is 11.6. The van der Waals surface area contributed by atoms with E-state index in [1.807, 2.05) is 0 Å². The molecule has 0 spiro atoms. The maximum Gasteiger partial charge on any atom is 0.320 e. The molecule has 1 aliphatic heterocycles. The molecule has 2 fully saturated rings. The largest absolute Gasteiger partial charge is 0.480 e. The number of aromatic nitrogens is 4. The van der Waals surface area contributed by atoms with E-state index in [0.717, 1.165) is 25.7 Å². The number of carbonyl (C=O) groups is 1. The molecule has 1 aliphatic carbocycles. The summed E-state index contributed by atoms with van der Waals surface area (Å²) in [7, 11) is 0. The molecule has 3 aromatic rings. The third-order valence-electron chi connectivity index (χ3n) is 7.30. The molecule has 3 heterocycles. The van der Waals surface area contributed by atoms with Gasteiger partial charge in [-0.15, -0.1) is 0 Å². The molecule has 5 rings (SSSR count). The molecule has 2 aliphatic rings. The van der Waals surface area contributed by atoms with E-state index in [1.165, 1.54) is 4.57 Å². The number of fused-ring (bicyclic) bond motifs is 1. The van der Waals surface area contributed by atoms with Crippen LogP contribution in [0.25, 0.3) is 16.9 Å². The number of anilines is 2. The zero-order chi connectivity index (χ0) is 26.6. The molecule has 204 valence electrons. The van der Waals surface area contributed by atoms with Crippen molar-refractivity contribution in [2.75, 3.05) is 43.1 Å². The minimum atomic E-state index is -2.77. The fourth-order valence-electron chi connectivity index (χ4n) is 5.20. The van der Waals surface area contributed by atoms with Gasteiger partial charge in [0, 0.05) is 31.7 Å². The number of rotatable bonds is 9. The van der Waals surface area contributed by atoms with Gasteiger partial charge in [-0.2, -0.15) is 9.97 Å². The Balaban J connectivity index is 1.38. The summed E-state index contributed by atoms with van der Waals surface area (Å²) in [6, 6.07) is 8.39. The SMILES string of the molecule is CC(N[C@H]1CC[C@H](CNc2nc(N3CCOCC3)cc(-n3c(C(F)F)nc4ccccc43)n2)CC1)C(=O)O. The van der Waals surface area contributed by atoms with Gasteiger partial charge in [0.05, 0.1) is 24.2 Å². The van der Waals surface area contributed by atoms with Gasteiger partial charge in [0.15, 0.2) is 5.82 Å². The van der Waals surface area contributed by atoms with E-state index in [1.54, 1.807) is 37.3 Å². The van der Waals surface area contributed by atoms with Crippen LogP contribution in [0.15, 0.2) is 30.3 Å². The minimum absolute atomic E-state index is 0.187. The van der Waals surface area contributed by atoms with Crippen molar-refractivity contribution in [3.8, 4) is 5.82 Å². The standard InChI is InChI=1S/C26H33F2N7O3/c1-16(25(36)37)30-18-8-6-17(7-9-18)15-29-26-32-21(34-10-12-38-13-11-34)14-22(33-26)35-20-5-3-2-4-19(20)31-24(35)23(27)28/h2-5,14,16-18,23,30H,6-13,15H2,1H3,(H,36,37)(H,29,32,33)/t16?,17-,18-. The third kappa shape index (κ3) is 5.86. The molecular formula is C26H33F2N7O3. The second-order valence-electron chi connectivity index (χ2n) is 9.93. The van der Waals surface area contributed by atoms with Gasteiger partial charge in [-0.1, -0.05) is 12.1 Å². The molecule has 1 aromatic carbocycles. The predicted molar refractivity (Wildman–Crippen MR) is 139 cm³/mol. The molecule has 0 bridgehead atoms. The third-order valence-corrected chi connectivity index (χ3v) is 7.30. The van der Waals surface area contributed by atoms with Crippen molar-refractivity contribution in [2.24, 2.45) is 5.92 Å². The second-order valence-corrected chi connectivity index (χ2v) is 9.93. The number of nitrogens with one attached hydrogen (secondary N) is 2. The van der Waals surface area contributed by atoms with E-state index in [-0.39, 0.29) is 11.9 Å². The van der Waals surface area contributed by atoms with Gasteiger partial charge in [0.2, 0.25) is 5.95 Å². The number of halogens is 2. The van der Waals surface area contributed by atoms with Crippen molar-refractivity contribution < 1.29 is 23.4 Å². The molecule has 0 radical (unpaired) electrons. The fourth-order valence-corrected chi connectivity index (χ4v) is 5.20. The zero-order valence-corrected chi connectivity index (χ0v) is 21.3. The van der Waals surface area contributed by atoms with Crippen LogP contribution in [0.4, 0.5) is 20.5 Å². The van der Waals surface area contributed by atoms with E-state index >= 15 is 0 Å². The number of carboxylic acids is 1. The average Bonchev–Trinajstić information content (AvgIpc) is 3.33. The Bertz CT molecular complexity index is 1260. The Labute approximate surface area is 219 Å². The van der Waals surface area contributed by atoms with Crippen molar-refractivity contribution >= 4 is 28.8 Å². The number of carboxylic acid groups (broad SMARTS) is 1. The average molecular weight is 530 g/mol. The Morgan fingerprint density at radius 2 is 1.82 bits per heavy atom. The van der Waals surface area contributed by atoms with E-state index in [0.29, 0.717) is 67.4 Å². The van der Waals surface area contributed by atoms with Gasteiger partial charge in [0.25, 0.3) is 6.43 Å². The van der Waals surface area contributed by atoms with Crippen LogP contribution in [0.2, 0.25) is 0 Å². The van der Waals surface area contributed by atoms with Crippen molar-refractivity contribution in [3.63, 3.8) is 0 Å². The number of benzene rings is 1. The maximum absolute atomic E-state index is 14.0. The number of nitrogens with zero attached hydrogens (tertiary/aromatic N) is 5. The van der Waals surface area contributed by atoms with Crippen molar-refractivity contribution in [3.05, 3.63) is 36.2 Å². The highest BCUT2D eigenvalue weighted by atomic mass is 19.3. The van der Waals surface area contributed by atoms with Gasteiger partial charge < -0.3 is 25.4 Å². The number of hydrogen-bond acceptors (Lipinski definition) is 8. The van der Waals surface area contributed by atoms with E-state index in [4.69, 9.17) is 14.8 Å². The van der Waals surface area contributed by atoms with E-state index in [9.17, 15) is 13.6 Å². The summed E-state index contributed by atoms with van der Waals surface area (Å²) in [6.45, 7) is 4.73. The Hall–Kier alpha value is -3.38. The summed E-state index contributed by atoms with van der Waals surface area (Å²) >= 11 is 0. The van der Waals surface area contributed by atoms with Crippen molar-refractivity contribution in [1.82, 2.24) is 24.8 Å². The summed E-state index contributed by atoms with van der Waals surface area (Å²) in [5, 5.41) is 15.7. The molecule has 1 unspecified atom stereocenters. The summed E-state index contributed by atoms with van der Waals surface area (Å²) in [6.07, 6.45) is 0.891. The quantitative estimate of drug-likeness (QED) is 0.382. The van der Waals surface area contributed by atoms with Crippen LogP contribution >= 0.6 is 0 Å². The molecule has 3 N–H and O–H groups in total. The van der Waals surface area contributed by atoms with Gasteiger partial charge in [-0.05, 0) is 50.7 Å². The topological polar surface area (TPSA) is 117 Å². The highest BCUT2D eigenvalue weighted by Crippen LogP contribution is 2.30. The van der Waals surface area contributed by atoms with Crippen LogP contribution in [-0.2, 0) is 9.53 Å². The summed E-state index contributed by atoms with van der Waals surface area (Å²) in [5.74, 6) is 0.533. The van der Waals surface area contributed by atoms with Crippen molar-refractivity contribution in [2.45, 2.75) is 51.1 Å². The molecule has 12 heteroatoms. The lowest BCUT2D eigenvalue weighted by Crippen LogP contribution is -2.43. The molecule has 10 nitrogen and oxygen atoms in total. The van der Waals surface area contributed by atoms with Crippen LogP contribution in [0.5, 0.6) is 0 Å². The highest BCUT2D eigenvalue weighted by molar-refractivity contribution is 5.78. The Morgan fingerprint density at radius 3 is 2.53 bits per heavy atom. The normalized spacial score (nSPS) is 21.1. The number of para-hydroxylation sites is 2. The maximum atomic E-state index is 14.0. The van der Waals surface area contributed by atoms with Crippen LogP contribution in [0.3, 0.4) is 0 Å².